The molecule has 20 heavy (non-hydrogen) atoms. The predicted molar refractivity (Wildman–Crippen MR) is 78.6 cm³/mol. The highest BCUT2D eigenvalue weighted by atomic mass is 32.1. The lowest BCUT2D eigenvalue weighted by Crippen LogP contribution is -2.44. The van der Waals surface area contributed by atoms with Crippen LogP contribution in [0.25, 0.3) is 0 Å². The summed E-state index contributed by atoms with van der Waals surface area (Å²) < 4.78 is 0. The molecule has 6 nitrogen and oxygen atoms in total. The van der Waals surface area contributed by atoms with Gasteiger partial charge in [0.25, 0.3) is 11.6 Å². The van der Waals surface area contributed by atoms with Crippen LogP contribution in [-0.4, -0.2) is 33.9 Å². The van der Waals surface area contributed by atoms with Crippen molar-refractivity contribution in [1.29, 1.82) is 0 Å². The molecule has 2 rings (SSSR count). The van der Waals surface area contributed by atoms with E-state index in [1.807, 2.05) is 4.90 Å². The van der Waals surface area contributed by atoms with Gasteiger partial charge in [-0.15, -0.1) is 0 Å². The maximum Gasteiger partial charge on any atom is 0.270 e. The Balaban J connectivity index is 2.02. The topological polar surface area (TPSA) is 75.5 Å². The van der Waals surface area contributed by atoms with Crippen LogP contribution in [0.2, 0.25) is 0 Å². The lowest BCUT2D eigenvalue weighted by atomic mass is 10.1. The Kier molecular flexibility index (Phi) is 4.62. The number of carbonyl (C=O) groups excluding carboxylic acids is 1. The second kappa shape index (κ2) is 6.42. The van der Waals surface area contributed by atoms with Gasteiger partial charge in [0.05, 0.1) is 4.92 Å². The zero-order valence-corrected chi connectivity index (χ0v) is 11.7. The third-order valence-electron chi connectivity index (χ3n) is 3.18. The van der Waals surface area contributed by atoms with Crippen LogP contribution < -0.4 is 5.32 Å². The van der Waals surface area contributed by atoms with E-state index in [1.54, 1.807) is 0 Å². The number of benzene rings is 1. The molecule has 0 bridgehead atoms. The molecule has 1 fully saturated rings. The van der Waals surface area contributed by atoms with E-state index in [9.17, 15) is 14.9 Å². The zero-order valence-electron chi connectivity index (χ0n) is 10.9. The fraction of sp³-hybridized carbons (Fsp3) is 0.385. The number of rotatable bonds is 2. The number of nitrogens with zero attached hydrogens (tertiary/aromatic N) is 2. The van der Waals surface area contributed by atoms with Crippen molar-refractivity contribution in [2.75, 3.05) is 13.1 Å². The average Bonchev–Trinajstić information content (AvgIpc) is 2.48. The molecule has 0 spiro atoms. The van der Waals surface area contributed by atoms with E-state index >= 15 is 0 Å². The lowest BCUT2D eigenvalue weighted by molar-refractivity contribution is -0.384. The van der Waals surface area contributed by atoms with Crippen LogP contribution >= 0.6 is 12.2 Å². The van der Waals surface area contributed by atoms with Crippen molar-refractivity contribution in [2.24, 2.45) is 0 Å². The second-order valence-electron chi connectivity index (χ2n) is 4.61. The Bertz CT molecular complexity index is 541. The van der Waals surface area contributed by atoms with Crippen molar-refractivity contribution in [3.8, 4) is 0 Å². The normalized spacial score (nSPS) is 14.7. The molecule has 0 radical (unpaired) electrons. The van der Waals surface area contributed by atoms with Crippen LogP contribution in [0.4, 0.5) is 5.69 Å². The van der Waals surface area contributed by atoms with Gasteiger partial charge in [0, 0.05) is 30.8 Å². The molecular formula is C13H15N3O3S. The number of nitrogens with one attached hydrogen (secondary N) is 1. The van der Waals surface area contributed by atoms with Crippen LogP contribution in [0.5, 0.6) is 0 Å². The molecule has 0 aliphatic carbocycles. The maximum atomic E-state index is 12.0. The quantitative estimate of drug-likeness (QED) is 0.513. The molecule has 0 aromatic heterocycles. The Labute approximate surface area is 121 Å². The van der Waals surface area contributed by atoms with Gasteiger partial charge in [-0.1, -0.05) is 6.07 Å². The molecule has 0 saturated carbocycles. The molecule has 1 heterocycles. The van der Waals surface area contributed by atoms with Gasteiger partial charge in [-0.25, -0.2) is 0 Å². The monoisotopic (exact) mass is 293 g/mol. The predicted octanol–water partition coefficient (Wildman–Crippen LogP) is 2.10. The van der Waals surface area contributed by atoms with Gasteiger partial charge in [0.15, 0.2) is 5.11 Å². The first kappa shape index (κ1) is 14.4. The standard InChI is InChI=1S/C13H15N3O3S/c17-12(10-5-4-6-11(9-10)16(18)19)14-13(20)15-7-2-1-3-8-15/h4-6,9H,1-3,7-8H2,(H,14,17,20). The summed E-state index contributed by atoms with van der Waals surface area (Å²) in [7, 11) is 0. The largest absolute Gasteiger partial charge is 0.349 e. The van der Waals surface area contributed by atoms with Gasteiger partial charge in [0.1, 0.15) is 0 Å². The van der Waals surface area contributed by atoms with Crippen molar-refractivity contribution in [3.05, 3.63) is 39.9 Å². The number of non-ortho nitro benzene ring substituents is 1. The number of amides is 1. The first-order valence-corrected chi connectivity index (χ1v) is 6.83. The van der Waals surface area contributed by atoms with Crippen LogP contribution in [0, 0.1) is 10.1 Å². The van der Waals surface area contributed by atoms with E-state index in [0.29, 0.717) is 5.11 Å². The van der Waals surface area contributed by atoms with Crippen LogP contribution in [-0.2, 0) is 0 Å². The Hall–Kier alpha value is -2.02. The number of thiocarbonyl (C=S) groups is 1. The van der Waals surface area contributed by atoms with Crippen molar-refractivity contribution in [1.82, 2.24) is 10.2 Å². The van der Waals surface area contributed by atoms with Crippen LogP contribution in [0.3, 0.4) is 0 Å². The minimum Gasteiger partial charge on any atom is -0.349 e. The Morgan fingerprint density at radius 2 is 2.00 bits per heavy atom. The molecule has 1 saturated heterocycles. The minimum absolute atomic E-state index is 0.110. The number of hydrogen-bond donors (Lipinski definition) is 1. The average molecular weight is 293 g/mol. The van der Waals surface area contributed by atoms with E-state index in [1.165, 1.54) is 30.7 Å². The third-order valence-corrected chi connectivity index (χ3v) is 3.54. The van der Waals surface area contributed by atoms with Gasteiger partial charge >= 0.3 is 0 Å². The van der Waals surface area contributed by atoms with Gasteiger partial charge in [0.2, 0.25) is 0 Å². The number of nitro benzene ring substituents is 1. The lowest BCUT2D eigenvalue weighted by Gasteiger charge is -2.28. The van der Waals surface area contributed by atoms with Crippen molar-refractivity contribution < 1.29 is 9.72 Å². The summed E-state index contributed by atoms with van der Waals surface area (Å²) in [5.41, 5.74) is 0.125. The smallest absolute Gasteiger partial charge is 0.270 e. The maximum absolute atomic E-state index is 12.0. The van der Waals surface area contributed by atoms with Gasteiger partial charge < -0.3 is 4.90 Å². The molecule has 1 aromatic rings. The summed E-state index contributed by atoms with van der Waals surface area (Å²) in [5, 5.41) is 13.7. The summed E-state index contributed by atoms with van der Waals surface area (Å²) in [6.45, 7) is 1.68. The SMILES string of the molecule is O=C(NC(=S)N1CCCCC1)c1cccc([N+](=O)[O-])c1. The molecule has 106 valence electrons. The van der Waals surface area contributed by atoms with E-state index in [4.69, 9.17) is 12.2 Å². The first-order chi connectivity index (χ1) is 9.58. The van der Waals surface area contributed by atoms with Crippen LogP contribution in [0.15, 0.2) is 24.3 Å². The molecule has 0 atom stereocenters. The molecule has 1 aromatic carbocycles. The van der Waals surface area contributed by atoms with E-state index in [2.05, 4.69) is 5.32 Å². The van der Waals surface area contributed by atoms with Crippen molar-refractivity contribution in [3.63, 3.8) is 0 Å². The Morgan fingerprint density at radius 1 is 1.30 bits per heavy atom. The Morgan fingerprint density at radius 3 is 2.65 bits per heavy atom. The number of piperidine rings is 1. The molecule has 7 heteroatoms. The molecule has 1 amide bonds. The number of nitro groups is 1. The summed E-state index contributed by atoms with van der Waals surface area (Å²) in [6.07, 6.45) is 3.30. The molecular weight excluding hydrogens is 278 g/mol. The zero-order chi connectivity index (χ0) is 14.5. The summed E-state index contributed by atoms with van der Waals surface area (Å²) in [5.74, 6) is -0.413. The highest BCUT2D eigenvalue weighted by Gasteiger charge is 2.17. The number of hydrogen-bond acceptors (Lipinski definition) is 4. The summed E-state index contributed by atoms with van der Waals surface area (Å²) in [6, 6.07) is 5.60. The number of likely N-dealkylation sites (tertiary alicyclic amines) is 1. The first-order valence-electron chi connectivity index (χ1n) is 6.42. The van der Waals surface area contributed by atoms with Crippen LogP contribution in [0.1, 0.15) is 29.6 Å². The van der Waals surface area contributed by atoms with Gasteiger partial charge in [-0.3, -0.25) is 20.2 Å². The number of carbonyl (C=O) groups is 1. The highest BCUT2D eigenvalue weighted by molar-refractivity contribution is 7.80. The summed E-state index contributed by atoms with van der Waals surface area (Å²) in [4.78, 5) is 24.1. The molecule has 1 N–H and O–H groups in total. The van der Waals surface area contributed by atoms with Gasteiger partial charge in [-0.05, 0) is 37.5 Å². The highest BCUT2D eigenvalue weighted by Crippen LogP contribution is 2.13. The second-order valence-corrected chi connectivity index (χ2v) is 5.00. The van der Waals surface area contributed by atoms with Crippen molar-refractivity contribution in [2.45, 2.75) is 19.3 Å². The summed E-state index contributed by atoms with van der Waals surface area (Å²) >= 11 is 5.19. The van der Waals surface area contributed by atoms with Crippen molar-refractivity contribution >= 4 is 28.9 Å². The van der Waals surface area contributed by atoms with E-state index < -0.39 is 10.8 Å². The van der Waals surface area contributed by atoms with E-state index in [-0.39, 0.29) is 11.3 Å². The fourth-order valence-electron chi connectivity index (χ4n) is 2.11. The molecule has 1 aliphatic rings. The van der Waals surface area contributed by atoms with Gasteiger partial charge in [-0.2, -0.15) is 0 Å². The third kappa shape index (κ3) is 3.51. The fourth-order valence-corrected chi connectivity index (χ4v) is 2.38. The van der Waals surface area contributed by atoms with E-state index in [0.717, 1.165) is 25.9 Å². The molecule has 0 unspecified atom stereocenters. The minimum atomic E-state index is -0.528. The molecule has 1 aliphatic heterocycles.